The maximum atomic E-state index is 5.75. The first-order valence-electron chi connectivity index (χ1n) is 5.97. The molecule has 3 N–H and O–H groups in total. The molecule has 0 spiro atoms. The first kappa shape index (κ1) is 11.9. The van der Waals surface area contributed by atoms with E-state index in [4.69, 9.17) is 5.73 Å². The lowest BCUT2D eigenvalue weighted by atomic mass is 9.99. The van der Waals surface area contributed by atoms with Gasteiger partial charge >= 0.3 is 0 Å². The van der Waals surface area contributed by atoms with Crippen molar-refractivity contribution in [2.24, 2.45) is 5.73 Å². The zero-order valence-electron chi connectivity index (χ0n) is 10.6. The molecule has 0 aliphatic carbocycles. The van der Waals surface area contributed by atoms with E-state index < -0.39 is 0 Å². The molecule has 0 radical (unpaired) electrons. The predicted molar refractivity (Wildman–Crippen MR) is 70.7 cm³/mol. The van der Waals surface area contributed by atoms with Crippen LogP contribution in [0, 0.1) is 6.92 Å². The fourth-order valence-electron chi connectivity index (χ4n) is 1.97. The highest BCUT2D eigenvalue weighted by Gasteiger charge is 2.10. The van der Waals surface area contributed by atoms with Crippen molar-refractivity contribution >= 4 is 0 Å². The predicted octanol–water partition coefficient (Wildman–Crippen LogP) is 2.97. The second kappa shape index (κ2) is 4.72. The molecule has 1 aromatic heterocycles. The number of nitrogens with two attached hydrogens (primary N) is 1. The number of hydrogen-bond acceptors (Lipinski definition) is 2. The summed E-state index contributed by atoms with van der Waals surface area (Å²) >= 11 is 0. The topological polar surface area (TPSA) is 54.7 Å². The third-order valence-electron chi connectivity index (χ3n) is 3.13. The Balaban J connectivity index is 2.39. The van der Waals surface area contributed by atoms with Gasteiger partial charge in [-0.1, -0.05) is 38.1 Å². The van der Waals surface area contributed by atoms with Crippen molar-refractivity contribution in [3.63, 3.8) is 0 Å². The number of benzene rings is 1. The first-order valence-corrected chi connectivity index (χ1v) is 5.97. The minimum absolute atomic E-state index is 0.517. The quantitative estimate of drug-likeness (QED) is 0.850. The summed E-state index contributed by atoms with van der Waals surface area (Å²) in [5.41, 5.74) is 11.3. The lowest BCUT2D eigenvalue weighted by Gasteiger charge is -2.06. The van der Waals surface area contributed by atoms with Gasteiger partial charge in [0.15, 0.2) is 0 Å². The van der Waals surface area contributed by atoms with Gasteiger partial charge in [0, 0.05) is 23.4 Å². The Morgan fingerprint density at radius 2 is 1.88 bits per heavy atom. The second-order valence-corrected chi connectivity index (χ2v) is 4.66. The van der Waals surface area contributed by atoms with Crippen LogP contribution >= 0.6 is 0 Å². The van der Waals surface area contributed by atoms with E-state index in [2.05, 4.69) is 48.3 Å². The van der Waals surface area contributed by atoms with Crippen LogP contribution in [0.3, 0.4) is 0 Å². The SMILES string of the molecule is Cc1[nH]nc(-c2ccc(C(C)C)cc2)c1CN. The fraction of sp³-hybridized carbons (Fsp3) is 0.357. The summed E-state index contributed by atoms with van der Waals surface area (Å²) in [7, 11) is 0. The summed E-state index contributed by atoms with van der Waals surface area (Å²) in [5.74, 6) is 0.555. The zero-order chi connectivity index (χ0) is 12.4. The molecule has 2 rings (SSSR count). The van der Waals surface area contributed by atoms with Crippen LogP contribution in [0.25, 0.3) is 11.3 Å². The monoisotopic (exact) mass is 229 g/mol. The highest BCUT2D eigenvalue weighted by molar-refractivity contribution is 5.64. The van der Waals surface area contributed by atoms with E-state index in [0.29, 0.717) is 12.5 Å². The fourth-order valence-corrected chi connectivity index (χ4v) is 1.97. The molecule has 3 nitrogen and oxygen atoms in total. The van der Waals surface area contributed by atoms with Gasteiger partial charge in [-0.25, -0.2) is 0 Å². The van der Waals surface area contributed by atoms with Crippen molar-refractivity contribution in [2.75, 3.05) is 0 Å². The number of rotatable bonds is 3. The van der Waals surface area contributed by atoms with Gasteiger partial charge in [0.05, 0.1) is 5.69 Å². The average Bonchev–Trinajstić information content (AvgIpc) is 2.70. The first-order chi connectivity index (χ1) is 8.13. The van der Waals surface area contributed by atoms with Crippen LogP contribution in [0.5, 0.6) is 0 Å². The van der Waals surface area contributed by atoms with E-state index in [-0.39, 0.29) is 0 Å². The number of aryl methyl sites for hydroxylation is 1. The molecule has 0 bridgehead atoms. The number of hydrogen-bond donors (Lipinski definition) is 2. The maximum absolute atomic E-state index is 5.75. The molecule has 0 amide bonds. The van der Waals surface area contributed by atoms with Gasteiger partial charge < -0.3 is 5.73 Å². The van der Waals surface area contributed by atoms with Gasteiger partial charge in [-0.15, -0.1) is 0 Å². The van der Waals surface area contributed by atoms with E-state index in [1.165, 1.54) is 5.56 Å². The van der Waals surface area contributed by atoms with Gasteiger partial charge in [0.1, 0.15) is 0 Å². The van der Waals surface area contributed by atoms with Gasteiger partial charge in [0.2, 0.25) is 0 Å². The molecule has 0 saturated heterocycles. The number of aromatic nitrogens is 2. The highest BCUT2D eigenvalue weighted by Crippen LogP contribution is 2.25. The van der Waals surface area contributed by atoms with Crippen LogP contribution in [0.1, 0.15) is 36.6 Å². The van der Waals surface area contributed by atoms with Gasteiger partial charge in [-0.3, -0.25) is 5.10 Å². The molecule has 0 saturated carbocycles. The summed E-state index contributed by atoms with van der Waals surface area (Å²) < 4.78 is 0. The Bertz CT molecular complexity index is 495. The Morgan fingerprint density at radius 3 is 2.41 bits per heavy atom. The summed E-state index contributed by atoms with van der Waals surface area (Å²) in [4.78, 5) is 0. The van der Waals surface area contributed by atoms with E-state index in [0.717, 1.165) is 22.5 Å². The standard InChI is InChI=1S/C14H19N3/c1-9(2)11-4-6-12(7-5-11)14-13(8-15)10(3)16-17-14/h4-7,9H,8,15H2,1-3H3,(H,16,17). The second-order valence-electron chi connectivity index (χ2n) is 4.66. The molecule has 0 atom stereocenters. The molecule has 1 heterocycles. The van der Waals surface area contributed by atoms with Gasteiger partial charge in [-0.2, -0.15) is 5.10 Å². The summed E-state index contributed by atoms with van der Waals surface area (Å²) in [6.07, 6.45) is 0. The van der Waals surface area contributed by atoms with Crippen molar-refractivity contribution in [1.29, 1.82) is 0 Å². The van der Waals surface area contributed by atoms with E-state index in [1.54, 1.807) is 0 Å². The number of H-pyrrole nitrogens is 1. The van der Waals surface area contributed by atoms with Crippen molar-refractivity contribution in [2.45, 2.75) is 33.2 Å². The van der Waals surface area contributed by atoms with E-state index >= 15 is 0 Å². The van der Waals surface area contributed by atoms with Crippen LogP contribution in [-0.2, 0) is 6.54 Å². The van der Waals surface area contributed by atoms with E-state index in [9.17, 15) is 0 Å². The molecule has 0 aliphatic rings. The van der Waals surface area contributed by atoms with Crippen LogP contribution in [0.2, 0.25) is 0 Å². The largest absolute Gasteiger partial charge is 0.326 e. The normalized spacial score (nSPS) is 11.1. The summed E-state index contributed by atoms with van der Waals surface area (Å²) in [5, 5.41) is 7.32. The van der Waals surface area contributed by atoms with Crippen molar-refractivity contribution in [3.05, 3.63) is 41.1 Å². The zero-order valence-corrected chi connectivity index (χ0v) is 10.6. The Kier molecular flexibility index (Phi) is 3.29. The number of nitrogens with one attached hydrogen (secondary N) is 1. The minimum atomic E-state index is 0.517. The maximum Gasteiger partial charge on any atom is 0.0968 e. The smallest absolute Gasteiger partial charge is 0.0968 e. The molecule has 0 fully saturated rings. The van der Waals surface area contributed by atoms with Crippen LogP contribution in [0.15, 0.2) is 24.3 Å². The number of nitrogens with zero attached hydrogens (tertiary/aromatic N) is 1. The van der Waals surface area contributed by atoms with Crippen molar-refractivity contribution in [3.8, 4) is 11.3 Å². The summed E-state index contributed by atoms with van der Waals surface area (Å²) in [6.45, 7) is 6.91. The van der Waals surface area contributed by atoms with Crippen molar-refractivity contribution < 1.29 is 0 Å². The molecule has 0 aliphatic heterocycles. The van der Waals surface area contributed by atoms with Crippen LogP contribution in [-0.4, -0.2) is 10.2 Å². The van der Waals surface area contributed by atoms with Crippen LogP contribution < -0.4 is 5.73 Å². The molecule has 17 heavy (non-hydrogen) atoms. The van der Waals surface area contributed by atoms with Gasteiger partial charge in [-0.05, 0) is 18.4 Å². The van der Waals surface area contributed by atoms with Gasteiger partial charge in [0.25, 0.3) is 0 Å². The Hall–Kier alpha value is -1.61. The number of aromatic amines is 1. The molecule has 2 aromatic rings. The molecule has 1 aromatic carbocycles. The Morgan fingerprint density at radius 1 is 1.24 bits per heavy atom. The molecular formula is C14H19N3. The van der Waals surface area contributed by atoms with Crippen LogP contribution in [0.4, 0.5) is 0 Å². The summed E-state index contributed by atoms with van der Waals surface area (Å²) in [6, 6.07) is 8.54. The molecule has 90 valence electrons. The highest BCUT2D eigenvalue weighted by atomic mass is 15.1. The molecular weight excluding hydrogens is 210 g/mol. The third kappa shape index (κ3) is 2.24. The average molecular weight is 229 g/mol. The molecule has 3 heteroatoms. The lowest BCUT2D eigenvalue weighted by Crippen LogP contribution is -1.99. The third-order valence-corrected chi connectivity index (χ3v) is 3.13. The van der Waals surface area contributed by atoms with Crippen molar-refractivity contribution in [1.82, 2.24) is 10.2 Å². The Labute approximate surface area is 102 Å². The molecule has 0 unspecified atom stereocenters. The lowest BCUT2D eigenvalue weighted by molar-refractivity contribution is 0.867. The minimum Gasteiger partial charge on any atom is -0.326 e. The van der Waals surface area contributed by atoms with E-state index in [1.807, 2.05) is 6.92 Å².